The Balaban J connectivity index is 2.17. The smallest absolute Gasteiger partial charge is 0.269 e. The highest BCUT2D eigenvalue weighted by Gasteiger charge is 2.11. The zero-order valence-electron chi connectivity index (χ0n) is 14.1. The molecular formula is C18H22N2O4. The molecule has 0 spiro atoms. The summed E-state index contributed by atoms with van der Waals surface area (Å²) in [6, 6.07) is 8.72. The van der Waals surface area contributed by atoms with Gasteiger partial charge in [0.1, 0.15) is 29.5 Å². The van der Waals surface area contributed by atoms with E-state index in [0.29, 0.717) is 23.7 Å². The van der Waals surface area contributed by atoms with Gasteiger partial charge in [-0.2, -0.15) is 0 Å². The van der Waals surface area contributed by atoms with Gasteiger partial charge in [-0.25, -0.2) is 0 Å². The first-order chi connectivity index (χ1) is 11.5. The van der Waals surface area contributed by atoms with E-state index in [1.165, 1.54) is 6.20 Å². The van der Waals surface area contributed by atoms with Crippen molar-refractivity contribution in [3.8, 4) is 17.2 Å². The Bertz CT molecular complexity index is 703. The van der Waals surface area contributed by atoms with Gasteiger partial charge in [0.05, 0.1) is 6.10 Å². The van der Waals surface area contributed by atoms with E-state index >= 15 is 0 Å². The Kier molecular flexibility index (Phi) is 6.14. The van der Waals surface area contributed by atoms with Crippen LogP contribution >= 0.6 is 0 Å². The molecule has 1 heterocycles. The van der Waals surface area contributed by atoms with Crippen molar-refractivity contribution in [2.45, 2.75) is 26.4 Å². The van der Waals surface area contributed by atoms with Gasteiger partial charge in [-0.15, -0.1) is 0 Å². The van der Waals surface area contributed by atoms with Gasteiger partial charge in [0.2, 0.25) is 0 Å². The molecule has 1 aromatic carbocycles. The summed E-state index contributed by atoms with van der Waals surface area (Å²) in [7, 11) is 1.55. The topological polar surface area (TPSA) is 80.7 Å². The Morgan fingerprint density at radius 1 is 1.33 bits per heavy atom. The lowest BCUT2D eigenvalue weighted by Gasteiger charge is -2.15. The van der Waals surface area contributed by atoms with Crippen LogP contribution in [0, 0.1) is 6.92 Å². The van der Waals surface area contributed by atoms with E-state index in [0.717, 1.165) is 5.56 Å². The van der Waals surface area contributed by atoms with Crippen molar-refractivity contribution >= 4 is 5.91 Å². The quantitative estimate of drug-likeness (QED) is 0.816. The predicted octanol–water partition coefficient (Wildman–Crippen LogP) is 2.69. The van der Waals surface area contributed by atoms with Crippen molar-refractivity contribution in [2.24, 2.45) is 0 Å². The molecule has 1 amide bonds. The lowest BCUT2D eigenvalue weighted by atomic mass is 10.2. The van der Waals surface area contributed by atoms with Crippen molar-refractivity contribution in [3.63, 3.8) is 0 Å². The van der Waals surface area contributed by atoms with Crippen LogP contribution in [0.15, 0.2) is 36.5 Å². The van der Waals surface area contributed by atoms with E-state index in [1.807, 2.05) is 32.0 Å². The summed E-state index contributed by atoms with van der Waals surface area (Å²) >= 11 is 0. The number of amides is 1. The fraction of sp³-hybridized carbons (Fsp3) is 0.333. The molecule has 6 heteroatoms. The Hall–Kier alpha value is -2.60. The number of carbonyl (C=O) groups excluding carboxylic acids is 1. The van der Waals surface area contributed by atoms with Crippen molar-refractivity contribution < 1.29 is 19.4 Å². The van der Waals surface area contributed by atoms with Crippen LogP contribution in [0.1, 0.15) is 29.4 Å². The van der Waals surface area contributed by atoms with Gasteiger partial charge in [-0.1, -0.05) is 13.0 Å². The van der Waals surface area contributed by atoms with Gasteiger partial charge in [-0.05, 0) is 31.5 Å². The van der Waals surface area contributed by atoms with Crippen LogP contribution in [0.4, 0.5) is 0 Å². The fourth-order valence-electron chi connectivity index (χ4n) is 2.02. The zero-order valence-corrected chi connectivity index (χ0v) is 14.1. The number of aliphatic hydroxyl groups is 1. The number of hydrogen-bond acceptors (Lipinski definition) is 5. The second kappa shape index (κ2) is 8.31. The molecule has 6 nitrogen and oxygen atoms in total. The molecule has 0 aliphatic heterocycles. The Morgan fingerprint density at radius 2 is 2.08 bits per heavy atom. The summed E-state index contributed by atoms with van der Waals surface area (Å²) in [6.45, 7) is 4.01. The monoisotopic (exact) mass is 330 g/mol. The van der Waals surface area contributed by atoms with Crippen LogP contribution in [0.3, 0.4) is 0 Å². The molecular weight excluding hydrogens is 308 g/mol. The highest BCUT2D eigenvalue weighted by Crippen LogP contribution is 2.31. The normalized spacial score (nSPS) is 11.7. The van der Waals surface area contributed by atoms with Gasteiger partial charge < -0.3 is 19.9 Å². The molecule has 0 radical (unpaired) electrons. The van der Waals surface area contributed by atoms with Crippen LogP contribution < -0.4 is 14.8 Å². The molecule has 2 aromatic rings. The third-order valence-electron chi connectivity index (χ3n) is 3.56. The number of aliphatic hydroxyl groups excluding tert-OH is 1. The minimum Gasteiger partial charge on any atom is -0.490 e. The summed E-state index contributed by atoms with van der Waals surface area (Å²) in [6.07, 6.45) is 1.66. The molecule has 2 N–H and O–H groups in total. The number of benzene rings is 1. The van der Waals surface area contributed by atoms with Crippen LogP contribution in [0.25, 0.3) is 0 Å². The number of hydrogen-bond donors (Lipinski definition) is 2. The maximum Gasteiger partial charge on any atom is 0.269 e. The summed E-state index contributed by atoms with van der Waals surface area (Å²) in [4.78, 5) is 15.6. The molecule has 0 unspecified atom stereocenters. The first-order valence-electron chi connectivity index (χ1n) is 7.81. The Labute approximate surface area is 141 Å². The third kappa shape index (κ3) is 4.45. The fourth-order valence-corrected chi connectivity index (χ4v) is 2.02. The van der Waals surface area contributed by atoms with Gasteiger partial charge in [-0.3, -0.25) is 9.78 Å². The number of ether oxygens (including phenoxy) is 2. The average molecular weight is 330 g/mol. The van der Waals surface area contributed by atoms with Gasteiger partial charge in [0.15, 0.2) is 0 Å². The number of carbonyl (C=O) groups is 1. The number of nitrogens with zero attached hydrogens (tertiary/aromatic N) is 1. The van der Waals surface area contributed by atoms with E-state index in [9.17, 15) is 9.90 Å². The minimum atomic E-state index is -0.496. The predicted molar refractivity (Wildman–Crippen MR) is 90.7 cm³/mol. The van der Waals surface area contributed by atoms with Crippen LogP contribution in [-0.4, -0.2) is 35.8 Å². The van der Waals surface area contributed by atoms with Gasteiger partial charge >= 0.3 is 0 Å². The molecule has 24 heavy (non-hydrogen) atoms. The van der Waals surface area contributed by atoms with Gasteiger partial charge in [0.25, 0.3) is 5.91 Å². The van der Waals surface area contributed by atoms with Crippen LogP contribution in [-0.2, 0) is 0 Å². The summed E-state index contributed by atoms with van der Waals surface area (Å²) < 4.78 is 11.5. The lowest BCUT2D eigenvalue weighted by Crippen LogP contribution is -2.19. The highest BCUT2D eigenvalue weighted by atomic mass is 16.5. The van der Waals surface area contributed by atoms with Crippen molar-refractivity contribution in [1.82, 2.24) is 10.3 Å². The SMILES string of the molecule is CC[C@H](O)COc1cccc(Oc2ccnc(C(=O)NC)c2)c1C. The first kappa shape index (κ1) is 17.7. The van der Waals surface area contributed by atoms with Crippen molar-refractivity contribution in [2.75, 3.05) is 13.7 Å². The van der Waals surface area contributed by atoms with E-state index in [1.54, 1.807) is 19.2 Å². The molecule has 128 valence electrons. The molecule has 2 rings (SSSR count). The molecule has 0 saturated carbocycles. The van der Waals surface area contributed by atoms with E-state index in [2.05, 4.69) is 10.3 Å². The summed E-state index contributed by atoms with van der Waals surface area (Å²) in [5.41, 5.74) is 1.10. The molecule has 0 bridgehead atoms. The minimum absolute atomic E-state index is 0.233. The average Bonchev–Trinajstić information content (AvgIpc) is 2.61. The molecule has 1 atom stereocenters. The van der Waals surface area contributed by atoms with Crippen LogP contribution in [0.2, 0.25) is 0 Å². The van der Waals surface area contributed by atoms with Crippen molar-refractivity contribution in [3.05, 3.63) is 47.8 Å². The Morgan fingerprint density at radius 3 is 2.79 bits per heavy atom. The van der Waals surface area contributed by atoms with E-state index in [-0.39, 0.29) is 18.2 Å². The number of nitrogens with one attached hydrogen (secondary N) is 1. The van der Waals surface area contributed by atoms with Gasteiger partial charge in [0, 0.05) is 24.9 Å². The second-order valence-corrected chi connectivity index (χ2v) is 5.31. The summed E-state index contributed by atoms with van der Waals surface area (Å²) in [5.74, 6) is 1.51. The molecule has 0 aliphatic rings. The second-order valence-electron chi connectivity index (χ2n) is 5.31. The summed E-state index contributed by atoms with van der Waals surface area (Å²) in [5, 5.41) is 12.1. The lowest BCUT2D eigenvalue weighted by molar-refractivity contribution is 0.0958. The maximum atomic E-state index is 11.6. The molecule has 0 saturated heterocycles. The number of rotatable bonds is 7. The molecule has 0 fully saturated rings. The highest BCUT2D eigenvalue weighted by molar-refractivity contribution is 5.92. The number of pyridine rings is 1. The van der Waals surface area contributed by atoms with Crippen LogP contribution in [0.5, 0.6) is 17.2 Å². The first-order valence-corrected chi connectivity index (χ1v) is 7.81. The molecule has 0 aliphatic carbocycles. The molecule has 1 aromatic heterocycles. The third-order valence-corrected chi connectivity index (χ3v) is 3.56. The van der Waals surface area contributed by atoms with E-state index in [4.69, 9.17) is 9.47 Å². The standard InChI is InChI=1S/C18H22N2O4/c1-4-13(21)11-23-16-6-5-7-17(12(16)2)24-14-8-9-20-15(10-14)18(22)19-3/h5-10,13,21H,4,11H2,1-3H3,(H,19,22)/t13-/m0/s1. The zero-order chi connectivity index (χ0) is 17.5. The van der Waals surface area contributed by atoms with E-state index < -0.39 is 6.10 Å². The van der Waals surface area contributed by atoms with Crippen molar-refractivity contribution in [1.29, 1.82) is 0 Å². The number of aromatic nitrogens is 1. The largest absolute Gasteiger partial charge is 0.490 e. The maximum absolute atomic E-state index is 11.6.